The van der Waals surface area contributed by atoms with Crippen LogP contribution < -0.4 is 4.90 Å². The van der Waals surface area contributed by atoms with Gasteiger partial charge in [0, 0.05) is 17.3 Å². The first kappa shape index (κ1) is 15.3. The van der Waals surface area contributed by atoms with Crippen LogP contribution in [0.1, 0.15) is 19.3 Å². The number of halogens is 1. The van der Waals surface area contributed by atoms with Gasteiger partial charge in [-0.2, -0.15) is 0 Å². The number of likely N-dealkylation sites (tertiary alicyclic amines) is 1. The zero-order valence-corrected chi connectivity index (χ0v) is 13.0. The van der Waals surface area contributed by atoms with E-state index in [1.165, 1.54) is 0 Å². The van der Waals surface area contributed by atoms with E-state index in [0.29, 0.717) is 37.5 Å². The number of carboxylic acids is 1. The number of rotatable bonds is 3. The fraction of sp³-hybridized carbons (Fsp3) is 0.500. The number of carbonyl (C=O) groups excluding carboxylic acids is 1. The number of hydrogen-bond donors (Lipinski definition) is 1. The van der Waals surface area contributed by atoms with Crippen LogP contribution in [-0.2, 0) is 9.59 Å². The molecule has 1 aromatic carbocycles. The molecule has 2 heterocycles. The van der Waals surface area contributed by atoms with Crippen molar-refractivity contribution in [2.75, 3.05) is 24.5 Å². The van der Waals surface area contributed by atoms with Gasteiger partial charge >= 0.3 is 5.97 Å². The Balaban J connectivity index is 1.66. The van der Waals surface area contributed by atoms with Crippen LogP contribution in [0.15, 0.2) is 24.3 Å². The number of aliphatic carboxylic acids is 1. The number of benzene rings is 1. The highest BCUT2D eigenvalue weighted by Crippen LogP contribution is 2.28. The third-order valence-electron chi connectivity index (χ3n) is 4.62. The first-order chi connectivity index (χ1) is 10.6. The first-order valence-corrected chi connectivity index (χ1v) is 7.98. The summed E-state index contributed by atoms with van der Waals surface area (Å²) in [4.78, 5) is 27.6. The summed E-state index contributed by atoms with van der Waals surface area (Å²) >= 11 is 6.00. The summed E-state index contributed by atoms with van der Waals surface area (Å²) in [6.07, 6.45) is 2.02. The van der Waals surface area contributed by atoms with Crippen molar-refractivity contribution in [1.82, 2.24) is 4.90 Å². The highest BCUT2D eigenvalue weighted by Gasteiger charge is 2.38. The molecule has 2 aliphatic heterocycles. The molecule has 1 atom stereocenters. The lowest BCUT2D eigenvalue weighted by molar-refractivity contribution is -0.143. The second-order valence-corrected chi connectivity index (χ2v) is 6.36. The zero-order chi connectivity index (χ0) is 15.7. The molecule has 2 saturated heterocycles. The van der Waals surface area contributed by atoms with Crippen LogP contribution in [-0.4, -0.2) is 47.6 Å². The molecule has 118 valence electrons. The molecule has 0 saturated carbocycles. The predicted octanol–water partition coefficient (Wildman–Crippen LogP) is 2.24. The smallest absolute Gasteiger partial charge is 0.306 e. The number of piperidine rings is 1. The largest absolute Gasteiger partial charge is 0.481 e. The molecule has 5 nitrogen and oxygen atoms in total. The molecule has 3 rings (SSSR count). The summed E-state index contributed by atoms with van der Waals surface area (Å²) in [5.41, 5.74) is 0.834. The molecule has 1 amide bonds. The van der Waals surface area contributed by atoms with E-state index in [1.54, 1.807) is 17.0 Å². The van der Waals surface area contributed by atoms with E-state index in [0.717, 1.165) is 12.1 Å². The van der Waals surface area contributed by atoms with Gasteiger partial charge in [-0.15, -0.1) is 0 Å². The molecule has 2 fully saturated rings. The quantitative estimate of drug-likeness (QED) is 0.927. The number of anilines is 1. The van der Waals surface area contributed by atoms with E-state index < -0.39 is 5.97 Å². The molecule has 1 aromatic rings. The van der Waals surface area contributed by atoms with Crippen LogP contribution in [0, 0.1) is 5.92 Å². The van der Waals surface area contributed by atoms with E-state index in [4.69, 9.17) is 16.7 Å². The minimum Gasteiger partial charge on any atom is -0.481 e. The Hall–Kier alpha value is -1.59. The van der Waals surface area contributed by atoms with Crippen molar-refractivity contribution in [2.24, 2.45) is 5.92 Å². The lowest BCUT2D eigenvalue weighted by atomic mass is 9.96. The topological polar surface area (TPSA) is 60.9 Å². The molecule has 22 heavy (non-hydrogen) atoms. The average molecular weight is 323 g/mol. The maximum absolute atomic E-state index is 12.7. The molecule has 0 spiro atoms. The van der Waals surface area contributed by atoms with Crippen molar-refractivity contribution >= 4 is 29.2 Å². The van der Waals surface area contributed by atoms with Crippen molar-refractivity contribution < 1.29 is 14.7 Å². The Morgan fingerprint density at radius 2 is 1.91 bits per heavy atom. The van der Waals surface area contributed by atoms with Gasteiger partial charge in [-0.25, -0.2) is 0 Å². The van der Waals surface area contributed by atoms with Crippen molar-refractivity contribution in [1.29, 1.82) is 0 Å². The van der Waals surface area contributed by atoms with Gasteiger partial charge in [0.05, 0.1) is 12.0 Å². The number of hydrogen-bond acceptors (Lipinski definition) is 3. The minimum absolute atomic E-state index is 0.0936. The van der Waals surface area contributed by atoms with E-state index in [-0.39, 0.29) is 17.9 Å². The summed E-state index contributed by atoms with van der Waals surface area (Å²) < 4.78 is 0. The standard InChI is InChI=1S/C16H19ClN2O3/c17-12-2-1-3-13(10-12)19-9-6-14(15(19)20)18-7-4-11(5-8-18)16(21)22/h1-3,10-11,14H,4-9H2,(H,21,22). The normalized spacial score (nSPS) is 24.0. The van der Waals surface area contributed by atoms with Gasteiger partial charge in [0.25, 0.3) is 0 Å². The third kappa shape index (κ3) is 2.96. The predicted molar refractivity (Wildman–Crippen MR) is 84.1 cm³/mol. The summed E-state index contributed by atoms with van der Waals surface area (Å²) in [7, 11) is 0. The lowest BCUT2D eigenvalue weighted by Crippen LogP contribution is -2.46. The summed E-state index contributed by atoms with van der Waals surface area (Å²) in [6.45, 7) is 2.04. The van der Waals surface area contributed by atoms with Crippen molar-refractivity contribution in [3.05, 3.63) is 29.3 Å². The van der Waals surface area contributed by atoms with Crippen molar-refractivity contribution in [3.63, 3.8) is 0 Å². The number of carboxylic acid groups (broad SMARTS) is 1. The third-order valence-corrected chi connectivity index (χ3v) is 4.85. The van der Waals surface area contributed by atoms with E-state index in [1.807, 2.05) is 12.1 Å². The molecule has 6 heteroatoms. The van der Waals surface area contributed by atoms with Crippen LogP contribution in [0.4, 0.5) is 5.69 Å². The second-order valence-electron chi connectivity index (χ2n) is 5.92. The van der Waals surface area contributed by atoms with Gasteiger partial charge in [0.15, 0.2) is 0 Å². The minimum atomic E-state index is -0.724. The number of amides is 1. The maximum Gasteiger partial charge on any atom is 0.306 e. The average Bonchev–Trinajstić information content (AvgIpc) is 2.89. The lowest BCUT2D eigenvalue weighted by Gasteiger charge is -2.33. The fourth-order valence-electron chi connectivity index (χ4n) is 3.36. The van der Waals surface area contributed by atoms with Crippen molar-refractivity contribution in [2.45, 2.75) is 25.3 Å². The Labute approximate surface area is 134 Å². The Morgan fingerprint density at radius 1 is 1.18 bits per heavy atom. The maximum atomic E-state index is 12.7. The molecule has 0 aromatic heterocycles. The molecular formula is C16H19ClN2O3. The summed E-state index contributed by atoms with van der Waals surface area (Å²) in [5.74, 6) is -0.897. The van der Waals surface area contributed by atoms with Crippen LogP contribution in [0.2, 0.25) is 5.02 Å². The number of nitrogens with zero attached hydrogens (tertiary/aromatic N) is 2. The molecular weight excluding hydrogens is 304 g/mol. The van der Waals surface area contributed by atoms with Gasteiger partial charge in [-0.05, 0) is 50.6 Å². The first-order valence-electron chi connectivity index (χ1n) is 7.60. The summed E-state index contributed by atoms with van der Waals surface area (Å²) in [5, 5.41) is 9.67. The van der Waals surface area contributed by atoms with Crippen LogP contribution in [0.3, 0.4) is 0 Å². The SMILES string of the molecule is O=C(O)C1CCN(C2CCN(c3cccc(Cl)c3)C2=O)CC1. The van der Waals surface area contributed by atoms with E-state index in [9.17, 15) is 9.59 Å². The van der Waals surface area contributed by atoms with Gasteiger partial charge < -0.3 is 10.0 Å². The van der Waals surface area contributed by atoms with Gasteiger partial charge in [0.1, 0.15) is 0 Å². The zero-order valence-electron chi connectivity index (χ0n) is 12.2. The Kier molecular flexibility index (Phi) is 4.36. The number of carbonyl (C=O) groups is 2. The van der Waals surface area contributed by atoms with Crippen molar-refractivity contribution in [3.8, 4) is 0 Å². The molecule has 2 aliphatic rings. The molecule has 0 bridgehead atoms. The van der Waals surface area contributed by atoms with Crippen LogP contribution >= 0.6 is 11.6 Å². The highest BCUT2D eigenvalue weighted by molar-refractivity contribution is 6.30. The van der Waals surface area contributed by atoms with E-state index >= 15 is 0 Å². The fourth-order valence-corrected chi connectivity index (χ4v) is 3.55. The van der Waals surface area contributed by atoms with E-state index in [2.05, 4.69) is 4.90 Å². The monoisotopic (exact) mass is 322 g/mol. The Bertz CT molecular complexity index is 585. The Morgan fingerprint density at radius 3 is 2.55 bits per heavy atom. The van der Waals surface area contributed by atoms with Crippen LogP contribution in [0.5, 0.6) is 0 Å². The van der Waals surface area contributed by atoms with Gasteiger partial charge in [0.2, 0.25) is 5.91 Å². The molecule has 0 aliphatic carbocycles. The second kappa shape index (κ2) is 6.26. The molecule has 1 unspecified atom stereocenters. The molecule has 0 radical (unpaired) electrons. The summed E-state index contributed by atoms with van der Waals surface area (Å²) in [6, 6.07) is 7.20. The molecule has 1 N–H and O–H groups in total. The van der Waals surface area contributed by atoms with Gasteiger partial charge in [-0.1, -0.05) is 17.7 Å². The van der Waals surface area contributed by atoms with Crippen LogP contribution in [0.25, 0.3) is 0 Å². The van der Waals surface area contributed by atoms with Gasteiger partial charge in [-0.3, -0.25) is 14.5 Å². The highest BCUT2D eigenvalue weighted by atomic mass is 35.5.